The van der Waals surface area contributed by atoms with E-state index in [0.29, 0.717) is 6.61 Å². The molecule has 0 heterocycles. The zero-order valence-corrected chi connectivity index (χ0v) is 17.5. The van der Waals surface area contributed by atoms with Crippen molar-refractivity contribution < 1.29 is 9.05 Å². The highest BCUT2D eigenvalue weighted by Crippen LogP contribution is 2.43. The summed E-state index contributed by atoms with van der Waals surface area (Å²) >= 11 is 0. The average Bonchev–Trinajstić information content (AvgIpc) is 2.53. The van der Waals surface area contributed by atoms with E-state index in [1.807, 2.05) is 25.1 Å². The molecule has 0 saturated carbocycles. The molecule has 136 valence electrons. The third kappa shape index (κ3) is 5.30. The van der Waals surface area contributed by atoms with Crippen molar-refractivity contribution in [1.82, 2.24) is 0 Å². The summed E-state index contributed by atoms with van der Waals surface area (Å²) in [6.07, 6.45) is 0. The SMILES string of the molecule is CCOP(Oc1ccc(C(C)(C)C)cc1C(C)(C)C)c1ccccc1. The van der Waals surface area contributed by atoms with Crippen LogP contribution in [0.5, 0.6) is 5.75 Å². The van der Waals surface area contributed by atoms with Gasteiger partial charge in [-0.1, -0.05) is 71.9 Å². The van der Waals surface area contributed by atoms with Gasteiger partial charge in [0.05, 0.1) is 6.61 Å². The van der Waals surface area contributed by atoms with Crippen LogP contribution in [-0.2, 0) is 15.4 Å². The lowest BCUT2D eigenvalue weighted by Gasteiger charge is -2.28. The van der Waals surface area contributed by atoms with Crippen LogP contribution in [-0.4, -0.2) is 6.61 Å². The van der Waals surface area contributed by atoms with Gasteiger partial charge >= 0.3 is 0 Å². The molecule has 1 unspecified atom stereocenters. The van der Waals surface area contributed by atoms with Crippen LogP contribution in [0.1, 0.15) is 59.6 Å². The minimum atomic E-state index is -1.13. The summed E-state index contributed by atoms with van der Waals surface area (Å²) in [4.78, 5) is 0. The molecule has 0 N–H and O–H groups in total. The molecule has 3 heteroatoms. The van der Waals surface area contributed by atoms with Gasteiger partial charge in [0, 0.05) is 10.9 Å². The lowest BCUT2D eigenvalue weighted by Crippen LogP contribution is -2.18. The topological polar surface area (TPSA) is 18.5 Å². The maximum Gasteiger partial charge on any atom is 0.265 e. The zero-order chi connectivity index (χ0) is 18.7. The molecule has 0 aromatic heterocycles. The summed E-state index contributed by atoms with van der Waals surface area (Å²) in [6.45, 7) is 16.1. The van der Waals surface area contributed by atoms with E-state index < -0.39 is 8.38 Å². The Morgan fingerprint density at radius 2 is 1.48 bits per heavy atom. The molecule has 2 rings (SSSR count). The van der Waals surface area contributed by atoms with Gasteiger partial charge in [0.1, 0.15) is 5.75 Å². The molecule has 0 aliphatic rings. The first kappa shape index (κ1) is 19.9. The first-order valence-electron chi connectivity index (χ1n) is 8.94. The maximum atomic E-state index is 6.41. The third-order valence-corrected chi connectivity index (χ3v) is 5.62. The van der Waals surface area contributed by atoms with Gasteiger partial charge in [0.15, 0.2) is 0 Å². The molecule has 0 spiro atoms. The minimum Gasteiger partial charge on any atom is -0.444 e. The number of hydrogen-bond donors (Lipinski definition) is 0. The van der Waals surface area contributed by atoms with Gasteiger partial charge in [0.2, 0.25) is 0 Å². The second-order valence-corrected chi connectivity index (χ2v) is 9.78. The summed E-state index contributed by atoms with van der Waals surface area (Å²) < 4.78 is 12.3. The Morgan fingerprint density at radius 3 is 2.00 bits per heavy atom. The van der Waals surface area contributed by atoms with Crippen molar-refractivity contribution in [2.45, 2.75) is 59.3 Å². The average molecular weight is 358 g/mol. The summed E-state index contributed by atoms with van der Waals surface area (Å²) in [7, 11) is -1.13. The van der Waals surface area contributed by atoms with Gasteiger partial charge in [0.25, 0.3) is 8.38 Å². The molecule has 2 aromatic rings. The molecule has 0 bridgehead atoms. The second-order valence-electron chi connectivity index (χ2n) is 8.31. The molecule has 0 saturated heterocycles. The van der Waals surface area contributed by atoms with E-state index in [2.05, 4.69) is 71.9 Å². The van der Waals surface area contributed by atoms with Gasteiger partial charge in [-0.3, -0.25) is 0 Å². The van der Waals surface area contributed by atoms with Gasteiger partial charge in [-0.2, -0.15) is 0 Å². The molecule has 25 heavy (non-hydrogen) atoms. The van der Waals surface area contributed by atoms with Gasteiger partial charge in [-0.15, -0.1) is 0 Å². The molecule has 0 radical (unpaired) electrons. The van der Waals surface area contributed by atoms with Crippen molar-refractivity contribution in [2.75, 3.05) is 6.61 Å². The number of benzene rings is 2. The lowest BCUT2D eigenvalue weighted by atomic mass is 9.80. The van der Waals surface area contributed by atoms with Crippen molar-refractivity contribution in [2.24, 2.45) is 0 Å². The largest absolute Gasteiger partial charge is 0.444 e. The molecule has 2 nitrogen and oxygen atoms in total. The maximum absolute atomic E-state index is 6.41. The first-order valence-corrected chi connectivity index (χ1v) is 10.1. The van der Waals surface area contributed by atoms with Crippen LogP contribution in [0.2, 0.25) is 0 Å². The summed E-state index contributed by atoms with van der Waals surface area (Å²) in [6, 6.07) is 16.8. The predicted molar refractivity (Wildman–Crippen MR) is 109 cm³/mol. The van der Waals surface area contributed by atoms with Crippen LogP contribution in [0, 0.1) is 0 Å². The fourth-order valence-corrected chi connectivity index (χ4v) is 3.87. The monoisotopic (exact) mass is 358 g/mol. The minimum absolute atomic E-state index is 0.000495. The fraction of sp³-hybridized carbons (Fsp3) is 0.455. The van der Waals surface area contributed by atoms with Crippen LogP contribution in [0.4, 0.5) is 0 Å². The second kappa shape index (κ2) is 7.89. The van der Waals surface area contributed by atoms with Crippen LogP contribution >= 0.6 is 8.38 Å². The third-order valence-electron chi connectivity index (χ3n) is 4.05. The van der Waals surface area contributed by atoms with Crippen molar-refractivity contribution in [1.29, 1.82) is 0 Å². The summed E-state index contributed by atoms with van der Waals surface area (Å²) in [5.74, 6) is 0.920. The van der Waals surface area contributed by atoms with E-state index >= 15 is 0 Å². The molecule has 0 fully saturated rings. The van der Waals surface area contributed by atoms with Gasteiger partial charge in [-0.05, 0) is 41.5 Å². The smallest absolute Gasteiger partial charge is 0.265 e. The quantitative estimate of drug-likeness (QED) is 0.581. The molecule has 2 aromatic carbocycles. The van der Waals surface area contributed by atoms with E-state index in [4.69, 9.17) is 9.05 Å². The van der Waals surface area contributed by atoms with Gasteiger partial charge < -0.3 is 9.05 Å². The Labute approximate surface area is 154 Å². The Bertz CT molecular complexity index is 681. The Hall–Kier alpha value is -1.37. The number of rotatable bonds is 5. The van der Waals surface area contributed by atoms with E-state index in [1.54, 1.807) is 0 Å². The molecule has 0 aliphatic carbocycles. The fourth-order valence-electron chi connectivity index (χ4n) is 2.57. The van der Waals surface area contributed by atoms with Crippen LogP contribution in [0.15, 0.2) is 48.5 Å². The standard InChI is InChI=1S/C22H31O2P/c1-8-23-25(18-12-10-9-11-13-18)24-20-15-14-17(21(2,3)4)16-19(20)22(5,6)7/h9-16H,8H2,1-7H3. The van der Waals surface area contributed by atoms with Crippen molar-refractivity contribution in [3.8, 4) is 5.75 Å². The number of hydrogen-bond acceptors (Lipinski definition) is 2. The highest BCUT2D eigenvalue weighted by Gasteiger charge is 2.25. The normalized spacial score (nSPS) is 13.6. The van der Waals surface area contributed by atoms with Gasteiger partial charge in [-0.25, -0.2) is 0 Å². The van der Waals surface area contributed by atoms with Crippen molar-refractivity contribution in [3.63, 3.8) is 0 Å². The van der Waals surface area contributed by atoms with Crippen LogP contribution in [0.25, 0.3) is 0 Å². The zero-order valence-electron chi connectivity index (χ0n) is 16.6. The van der Waals surface area contributed by atoms with E-state index in [0.717, 1.165) is 11.1 Å². The molecular formula is C22H31O2P. The summed E-state index contributed by atoms with van der Waals surface area (Å²) in [5.41, 5.74) is 2.66. The molecule has 0 aliphatic heterocycles. The molecule has 1 atom stereocenters. The summed E-state index contributed by atoms with van der Waals surface area (Å²) in [5, 5.41) is 1.10. The molecular weight excluding hydrogens is 327 g/mol. The van der Waals surface area contributed by atoms with E-state index in [9.17, 15) is 0 Å². The van der Waals surface area contributed by atoms with Crippen LogP contribution in [0.3, 0.4) is 0 Å². The van der Waals surface area contributed by atoms with E-state index in [1.165, 1.54) is 11.1 Å². The first-order chi connectivity index (χ1) is 11.6. The van der Waals surface area contributed by atoms with Crippen LogP contribution < -0.4 is 9.83 Å². The molecule has 0 amide bonds. The Kier molecular flexibility index (Phi) is 6.30. The Balaban J connectivity index is 2.43. The highest BCUT2D eigenvalue weighted by molar-refractivity contribution is 7.56. The highest BCUT2D eigenvalue weighted by atomic mass is 31.2. The predicted octanol–water partition coefficient (Wildman–Crippen LogP) is 6.33. The lowest BCUT2D eigenvalue weighted by molar-refractivity contribution is 0.339. The van der Waals surface area contributed by atoms with Crippen molar-refractivity contribution in [3.05, 3.63) is 59.7 Å². The Morgan fingerprint density at radius 1 is 0.840 bits per heavy atom. The van der Waals surface area contributed by atoms with Crippen molar-refractivity contribution >= 4 is 13.7 Å². The van der Waals surface area contributed by atoms with E-state index in [-0.39, 0.29) is 10.8 Å².